The van der Waals surface area contributed by atoms with E-state index in [1.54, 1.807) is 0 Å². The van der Waals surface area contributed by atoms with Crippen molar-refractivity contribution in [1.29, 1.82) is 0 Å². The Balaban J connectivity index is 1.90. The van der Waals surface area contributed by atoms with Crippen LogP contribution in [-0.4, -0.2) is 37.0 Å². The van der Waals surface area contributed by atoms with Gasteiger partial charge in [-0.1, -0.05) is 6.08 Å². The molecule has 2 rings (SSSR count). The van der Waals surface area contributed by atoms with Gasteiger partial charge in [-0.3, -0.25) is 4.79 Å². The summed E-state index contributed by atoms with van der Waals surface area (Å²) in [6.45, 7) is 8.00. The summed E-state index contributed by atoms with van der Waals surface area (Å²) in [4.78, 5) is 13.9. The third-order valence-corrected chi connectivity index (χ3v) is 3.88. The van der Waals surface area contributed by atoms with E-state index in [1.807, 2.05) is 24.8 Å². The Labute approximate surface area is 91.5 Å². The molecule has 0 unspecified atom stereocenters. The van der Waals surface area contributed by atoms with Crippen molar-refractivity contribution in [2.45, 2.75) is 26.7 Å². The van der Waals surface area contributed by atoms with Crippen LogP contribution in [0.25, 0.3) is 0 Å². The number of amides is 1. The van der Waals surface area contributed by atoms with Crippen LogP contribution in [0.2, 0.25) is 0 Å². The van der Waals surface area contributed by atoms with E-state index in [9.17, 15) is 4.79 Å². The first-order valence-electron chi connectivity index (χ1n) is 5.80. The molecule has 15 heavy (non-hydrogen) atoms. The van der Waals surface area contributed by atoms with E-state index in [-0.39, 0.29) is 5.91 Å². The van der Waals surface area contributed by atoms with Crippen molar-refractivity contribution in [2.24, 2.45) is 5.41 Å². The SMILES string of the molecule is C/C=C(\C)C(=O)N1CCC2(CC1)CNC2. The second kappa shape index (κ2) is 3.97. The summed E-state index contributed by atoms with van der Waals surface area (Å²) >= 11 is 0. The zero-order chi connectivity index (χ0) is 10.9. The van der Waals surface area contributed by atoms with Crippen molar-refractivity contribution in [3.05, 3.63) is 11.6 Å². The number of likely N-dealkylation sites (tertiary alicyclic amines) is 1. The molecule has 0 aliphatic carbocycles. The number of nitrogens with zero attached hydrogens (tertiary/aromatic N) is 1. The van der Waals surface area contributed by atoms with Gasteiger partial charge < -0.3 is 10.2 Å². The third-order valence-electron chi connectivity index (χ3n) is 3.88. The van der Waals surface area contributed by atoms with Crippen LogP contribution in [0.3, 0.4) is 0 Å². The fourth-order valence-electron chi connectivity index (χ4n) is 2.39. The number of piperidine rings is 1. The summed E-state index contributed by atoms with van der Waals surface area (Å²) in [6, 6.07) is 0. The molecule has 3 nitrogen and oxygen atoms in total. The Hall–Kier alpha value is -0.830. The van der Waals surface area contributed by atoms with E-state index in [0.29, 0.717) is 5.41 Å². The topological polar surface area (TPSA) is 32.3 Å². The fourth-order valence-corrected chi connectivity index (χ4v) is 2.39. The minimum Gasteiger partial charge on any atom is -0.339 e. The average molecular weight is 208 g/mol. The Morgan fingerprint density at radius 1 is 1.33 bits per heavy atom. The van der Waals surface area contributed by atoms with Gasteiger partial charge >= 0.3 is 0 Å². The van der Waals surface area contributed by atoms with Crippen molar-refractivity contribution < 1.29 is 4.79 Å². The minimum absolute atomic E-state index is 0.222. The van der Waals surface area contributed by atoms with Crippen LogP contribution in [0.5, 0.6) is 0 Å². The van der Waals surface area contributed by atoms with Gasteiger partial charge in [0.25, 0.3) is 0 Å². The van der Waals surface area contributed by atoms with Crippen LogP contribution >= 0.6 is 0 Å². The van der Waals surface area contributed by atoms with E-state index in [4.69, 9.17) is 0 Å². The highest BCUT2D eigenvalue weighted by molar-refractivity contribution is 5.92. The number of hydrogen-bond acceptors (Lipinski definition) is 2. The van der Waals surface area contributed by atoms with Crippen molar-refractivity contribution in [3.8, 4) is 0 Å². The molecular formula is C12H20N2O. The molecule has 0 atom stereocenters. The lowest BCUT2D eigenvalue weighted by atomic mass is 9.73. The molecule has 3 heteroatoms. The highest BCUT2D eigenvalue weighted by Gasteiger charge is 2.40. The Kier molecular flexibility index (Phi) is 2.83. The quantitative estimate of drug-likeness (QED) is 0.656. The lowest BCUT2D eigenvalue weighted by Gasteiger charge is -2.48. The molecule has 2 aliphatic heterocycles. The predicted octanol–water partition coefficient (Wildman–Crippen LogP) is 1.16. The maximum absolute atomic E-state index is 11.9. The normalized spacial score (nSPS) is 25.2. The van der Waals surface area contributed by atoms with Gasteiger partial charge in [-0.05, 0) is 32.1 Å². The molecule has 0 aromatic rings. The number of allylic oxidation sites excluding steroid dienone is 1. The maximum Gasteiger partial charge on any atom is 0.249 e. The van der Waals surface area contributed by atoms with Gasteiger partial charge in [0.2, 0.25) is 5.91 Å². The molecule has 2 heterocycles. The first-order chi connectivity index (χ1) is 7.17. The summed E-state index contributed by atoms with van der Waals surface area (Å²) in [7, 11) is 0. The van der Waals surface area contributed by atoms with Gasteiger partial charge in [0.1, 0.15) is 0 Å². The van der Waals surface area contributed by atoms with Crippen LogP contribution in [-0.2, 0) is 4.79 Å². The molecule has 2 fully saturated rings. The summed E-state index contributed by atoms with van der Waals surface area (Å²) in [5.74, 6) is 0.222. The van der Waals surface area contributed by atoms with Gasteiger partial charge in [-0.2, -0.15) is 0 Å². The lowest BCUT2D eigenvalue weighted by Crippen LogP contribution is -2.58. The monoisotopic (exact) mass is 208 g/mol. The van der Waals surface area contributed by atoms with Crippen molar-refractivity contribution in [2.75, 3.05) is 26.2 Å². The summed E-state index contributed by atoms with van der Waals surface area (Å²) in [6.07, 6.45) is 4.24. The van der Waals surface area contributed by atoms with E-state index in [0.717, 1.165) is 31.8 Å². The summed E-state index contributed by atoms with van der Waals surface area (Å²) in [5.41, 5.74) is 1.40. The largest absolute Gasteiger partial charge is 0.339 e. The van der Waals surface area contributed by atoms with Crippen molar-refractivity contribution in [3.63, 3.8) is 0 Å². The van der Waals surface area contributed by atoms with Gasteiger partial charge in [-0.15, -0.1) is 0 Å². The zero-order valence-electron chi connectivity index (χ0n) is 9.68. The molecular weight excluding hydrogens is 188 g/mol. The lowest BCUT2D eigenvalue weighted by molar-refractivity contribution is -0.130. The van der Waals surface area contributed by atoms with Crippen molar-refractivity contribution in [1.82, 2.24) is 10.2 Å². The standard InChI is InChI=1S/C12H20N2O/c1-3-10(2)11(15)14-6-4-12(5-7-14)8-13-9-12/h3,13H,4-9H2,1-2H3/b10-3+. The van der Waals surface area contributed by atoms with E-state index in [2.05, 4.69) is 5.32 Å². The van der Waals surface area contributed by atoms with E-state index in [1.165, 1.54) is 12.8 Å². The molecule has 0 aromatic carbocycles. The number of carbonyl (C=O) groups is 1. The predicted molar refractivity (Wildman–Crippen MR) is 60.5 cm³/mol. The second-order valence-corrected chi connectivity index (χ2v) is 4.87. The molecule has 1 spiro atoms. The molecule has 0 bridgehead atoms. The minimum atomic E-state index is 0.222. The third kappa shape index (κ3) is 1.93. The first kappa shape index (κ1) is 10.7. The van der Waals surface area contributed by atoms with Gasteiger partial charge in [0, 0.05) is 31.8 Å². The Morgan fingerprint density at radius 2 is 1.93 bits per heavy atom. The Morgan fingerprint density at radius 3 is 2.33 bits per heavy atom. The molecule has 2 saturated heterocycles. The highest BCUT2D eigenvalue weighted by Crippen LogP contribution is 2.35. The molecule has 0 saturated carbocycles. The molecule has 84 valence electrons. The second-order valence-electron chi connectivity index (χ2n) is 4.87. The highest BCUT2D eigenvalue weighted by atomic mass is 16.2. The molecule has 2 aliphatic rings. The summed E-state index contributed by atoms with van der Waals surface area (Å²) in [5, 5.41) is 3.33. The molecule has 0 aromatic heterocycles. The maximum atomic E-state index is 11.9. The van der Waals surface area contributed by atoms with Crippen LogP contribution in [0.15, 0.2) is 11.6 Å². The molecule has 1 N–H and O–H groups in total. The molecule has 1 amide bonds. The van der Waals surface area contributed by atoms with Crippen LogP contribution in [0, 0.1) is 5.41 Å². The first-order valence-corrected chi connectivity index (χ1v) is 5.80. The van der Waals surface area contributed by atoms with Crippen LogP contribution in [0.4, 0.5) is 0 Å². The van der Waals surface area contributed by atoms with E-state index < -0.39 is 0 Å². The van der Waals surface area contributed by atoms with Crippen LogP contribution in [0.1, 0.15) is 26.7 Å². The fraction of sp³-hybridized carbons (Fsp3) is 0.750. The van der Waals surface area contributed by atoms with Crippen LogP contribution < -0.4 is 5.32 Å². The van der Waals surface area contributed by atoms with E-state index >= 15 is 0 Å². The molecule has 0 radical (unpaired) electrons. The number of rotatable bonds is 1. The number of hydrogen-bond donors (Lipinski definition) is 1. The van der Waals surface area contributed by atoms with Crippen molar-refractivity contribution >= 4 is 5.91 Å². The van der Waals surface area contributed by atoms with Gasteiger partial charge in [-0.25, -0.2) is 0 Å². The summed E-state index contributed by atoms with van der Waals surface area (Å²) < 4.78 is 0. The smallest absolute Gasteiger partial charge is 0.249 e. The van der Waals surface area contributed by atoms with Gasteiger partial charge in [0.15, 0.2) is 0 Å². The number of carbonyl (C=O) groups excluding carboxylic acids is 1. The number of nitrogens with one attached hydrogen (secondary N) is 1. The van der Waals surface area contributed by atoms with Gasteiger partial charge in [0.05, 0.1) is 0 Å². The zero-order valence-corrected chi connectivity index (χ0v) is 9.68. The Bertz CT molecular complexity index is 282. The average Bonchev–Trinajstić information content (AvgIpc) is 2.25.